The summed E-state index contributed by atoms with van der Waals surface area (Å²) in [5.41, 5.74) is 0.514. The number of amides is 3. The quantitative estimate of drug-likeness (QED) is 0.525. The molecule has 0 aromatic heterocycles. The van der Waals surface area contributed by atoms with Gasteiger partial charge in [-0.05, 0) is 30.4 Å². The maximum Gasteiger partial charge on any atom is 0.244 e. The Bertz CT molecular complexity index is 754. The molecule has 4 rings (SSSR count). The first-order chi connectivity index (χ1) is 12.4. The van der Waals surface area contributed by atoms with Gasteiger partial charge in [-0.2, -0.15) is 0 Å². The summed E-state index contributed by atoms with van der Waals surface area (Å²) >= 11 is 7.31. The zero-order valence-corrected chi connectivity index (χ0v) is 17.2. The van der Waals surface area contributed by atoms with Gasteiger partial charge in [0, 0.05) is 9.65 Å². The monoisotopic (exact) mass is 484 g/mol. The molecular formula is C18H18Br2N2O4. The number of rotatable bonds is 4. The second-order valence-corrected chi connectivity index (χ2v) is 9.13. The Morgan fingerprint density at radius 3 is 2.31 bits per heavy atom. The smallest absolute Gasteiger partial charge is 0.244 e. The Hall–Kier alpha value is -1.41. The van der Waals surface area contributed by atoms with E-state index >= 15 is 0 Å². The lowest BCUT2D eigenvalue weighted by Gasteiger charge is -2.28. The van der Waals surface area contributed by atoms with Crippen molar-refractivity contribution < 1.29 is 19.1 Å². The molecule has 1 N–H and O–H groups in total. The third kappa shape index (κ3) is 2.60. The van der Waals surface area contributed by atoms with Crippen LogP contribution in [0.1, 0.15) is 6.42 Å². The first-order valence-electron chi connectivity index (χ1n) is 8.50. The summed E-state index contributed by atoms with van der Waals surface area (Å²) < 4.78 is 5.21. The predicted octanol–water partition coefficient (Wildman–Crippen LogP) is 2.41. The number of hydrogen-bond acceptors (Lipinski definition) is 4. The van der Waals surface area contributed by atoms with Gasteiger partial charge in [0.2, 0.25) is 17.7 Å². The number of nitrogens with zero attached hydrogens (tertiary/aromatic N) is 1. The highest BCUT2D eigenvalue weighted by Gasteiger charge is 2.66. The van der Waals surface area contributed by atoms with Gasteiger partial charge >= 0.3 is 0 Å². The van der Waals surface area contributed by atoms with E-state index in [9.17, 15) is 14.4 Å². The van der Waals surface area contributed by atoms with Gasteiger partial charge in [0.15, 0.2) is 0 Å². The van der Waals surface area contributed by atoms with Crippen LogP contribution in [-0.4, -0.2) is 45.9 Å². The molecule has 1 heterocycles. The van der Waals surface area contributed by atoms with Crippen LogP contribution in [0.2, 0.25) is 0 Å². The van der Waals surface area contributed by atoms with Crippen LogP contribution in [0.15, 0.2) is 24.3 Å². The number of hydrogen-bond donors (Lipinski definition) is 1. The van der Waals surface area contributed by atoms with E-state index < -0.39 is 5.91 Å². The summed E-state index contributed by atoms with van der Waals surface area (Å²) in [6, 6.07) is 7.02. The Balaban J connectivity index is 1.49. The van der Waals surface area contributed by atoms with Crippen molar-refractivity contribution in [2.24, 2.45) is 23.7 Å². The number of nitrogens with one attached hydrogen (secondary N) is 1. The molecule has 138 valence electrons. The maximum atomic E-state index is 12.8. The van der Waals surface area contributed by atoms with Crippen molar-refractivity contribution in [1.29, 1.82) is 0 Å². The fourth-order valence-corrected chi connectivity index (χ4v) is 6.52. The van der Waals surface area contributed by atoms with Crippen molar-refractivity contribution in [3.63, 3.8) is 0 Å². The molecule has 3 aliphatic rings. The van der Waals surface area contributed by atoms with E-state index in [0.29, 0.717) is 11.4 Å². The summed E-state index contributed by atoms with van der Waals surface area (Å²) in [6.07, 6.45) is 0.875. The van der Waals surface area contributed by atoms with Gasteiger partial charge in [0.05, 0.1) is 24.6 Å². The molecule has 8 heteroatoms. The normalized spacial score (nSPS) is 35.0. The number of halogens is 2. The molecule has 0 radical (unpaired) electrons. The largest absolute Gasteiger partial charge is 0.495 e. The van der Waals surface area contributed by atoms with Gasteiger partial charge < -0.3 is 10.1 Å². The summed E-state index contributed by atoms with van der Waals surface area (Å²) in [4.78, 5) is 39.6. The van der Waals surface area contributed by atoms with Crippen molar-refractivity contribution in [2.45, 2.75) is 16.1 Å². The molecule has 6 atom stereocenters. The average molecular weight is 486 g/mol. The molecule has 2 saturated carbocycles. The standard InChI is InChI=1S/C18H18Br2N2O4/c1-26-11-5-3-2-4-10(11)21-12(23)7-22-17(24)13-8-6-9(14(13)18(22)25)16(20)15(8)19/h2-5,8-9,13-16H,6-7H2,1H3,(H,21,23)/t8-,9-,13-,14+,15+,16+/m1/s1. The Morgan fingerprint density at radius 2 is 1.73 bits per heavy atom. The summed E-state index contributed by atoms with van der Waals surface area (Å²) in [5.74, 6) is -0.623. The van der Waals surface area contributed by atoms with E-state index in [1.165, 1.54) is 7.11 Å². The second-order valence-electron chi connectivity index (χ2n) is 7.01. The van der Waals surface area contributed by atoms with Gasteiger partial charge in [0.25, 0.3) is 0 Å². The molecule has 3 amide bonds. The fourth-order valence-electron chi connectivity index (χ4n) is 4.65. The zero-order chi connectivity index (χ0) is 18.6. The minimum Gasteiger partial charge on any atom is -0.495 e. The molecule has 1 saturated heterocycles. The van der Waals surface area contributed by atoms with Crippen LogP contribution in [0.25, 0.3) is 0 Å². The van der Waals surface area contributed by atoms with E-state index in [1.54, 1.807) is 24.3 Å². The van der Waals surface area contributed by atoms with Crippen LogP contribution in [0.4, 0.5) is 5.69 Å². The highest BCUT2D eigenvalue weighted by Crippen LogP contribution is 2.60. The molecule has 26 heavy (non-hydrogen) atoms. The van der Waals surface area contributed by atoms with E-state index in [1.807, 2.05) is 0 Å². The number of alkyl halides is 2. The van der Waals surface area contributed by atoms with Crippen LogP contribution in [-0.2, 0) is 14.4 Å². The van der Waals surface area contributed by atoms with Crippen molar-refractivity contribution in [3.05, 3.63) is 24.3 Å². The number of imide groups is 1. The fraction of sp³-hybridized carbons (Fsp3) is 0.500. The zero-order valence-electron chi connectivity index (χ0n) is 14.0. The minimum absolute atomic E-state index is 0.146. The van der Waals surface area contributed by atoms with Gasteiger partial charge in [-0.25, -0.2) is 0 Å². The topological polar surface area (TPSA) is 75.7 Å². The number of fused-ring (bicyclic) bond motifs is 5. The van der Waals surface area contributed by atoms with Crippen LogP contribution in [0, 0.1) is 23.7 Å². The van der Waals surface area contributed by atoms with Crippen molar-refractivity contribution in [3.8, 4) is 5.75 Å². The summed E-state index contributed by atoms with van der Waals surface area (Å²) in [6.45, 7) is -0.262. The highest BCUT2D eigenvalue weighted by molar-refractivity contribution is 9.12. The van der Waals surface area contributed by atoms with Crippen LogP contribution < -0.4 is 10.1 Å². The van der Waals surface area contributed by atoms with Crippen LogP contribution in [0.5, 0.6) is 5.75 Å². The molecule has 6 nitrogen and oxygen atoms in total. The van der Waals surface area contributed by atoms with Gasteiger partial charge in [-0.15, -0.1) is 0 Å². The number of para-hydroxylation sites is 2. The molecule has 1 aliphatic heterocycles. The third-order valence-electron chi connectivity index (χ3n) is 5.76. The molecule has 0 spiro atoms. The Labute approximate surface area is 167 Å². The SMILES string of the molecule is COc1ccccc1NC(=O)CN1C(=O)[C@@H]2[C@H]3C[C@@H]([C@H](Br)[C@H]3Br)[C@@H]2C1=O. The van der Waals surface area contributed by atoms with E-state index in [2.05, 4.69) is 37.2 Å². The molecule has 2 aliphatic carbocycles. The first kappa shape index (κ1) is 18.0. The lowest BCUT2D eigenvalue weighted by molar-refractivity contribution is -0.143. The predicted molar refractivity (Wildman–Crippen MR) is 102 cm³/mol. The number of ether oxygens (including phenoxy) is 1. The van der Waals surface area contributed by atoms with E-state index in [-0.39, 0.29) is 51.7 Å². The number of benzene rings is 1. The van der Waals surface area contributed by atoms with Gasteiger partial charge in [-0.1, -0.05) is 44.0 Å². The van der Waals surface area contributed by atoms with Crippen LogP contribution >= 0.6 is 31.9 Å². The number of methoxy groups -OCH3 is 1. The van der Waals surface area contributed by atoms with E-state index in [0.717, 1.165) is 11.3 Å². The van der Waals surface area contributed by atoms with E-state index in [4.69, 9.17) is 4.74 Å². The van der Waals surface area contributed by atoms with Crippen LogP contribution in [0.3, 0.4) is 0 Å². The third-order valence-corrected chi connectivity index (χ3v) is 8.97. The van der Waals surface area contributed by atoms with Gasteiger partial charge in [0.1, 0.15) is 12.3 Å². The molecule has 1 aromatic carbocycles. The molecule has 0 unspecified atom stereocenters. The van der Waals surface area contributed by atoms with Crippen molar-refractivity contribution >= 4 is 55.3 Å². The molecule has 2 bridgehead atoms. The number of anilines is 1. The minimum atomic E-state index is -0.408. The summed E-state index contributed by atoms with van der Waals surface area (Å²) in [7, 11) is 1.52. The molecule has 1 aromatic rings. The number of carbonyl (C=O) groups is 3. The lowest BCUT2D eigenvalue weighted by Crippen LogP contribution is -2.39. The second kappa shape index (κ2) is 6.64. The number of likely N-dealkylation sites (tertiary alicyclic amines) is 1. The van der Waals surface area contributed by atoms with Gasteiger partial charge in [-0.3, -0.25) is 19.3 Å². The van der Waals surface area contributed by atoms with Crippen molar-refractivity contribution in [1.82, 2.24) is 4.90 Å². The Kier molecular flexibility index (Phi) is 4.59. The first-order valence-corrected chi connectivity index (χ1v) is 10.3. The van der Waals surface area contributed by atoms with Crippen molar-refractivity contribution in [2.75, 3.05) is 19.0 Å². The molecular weight excluding hydrogens is 468 g/mol. The Morgan fingerprint density at radius 1 is 1.15 bits per heavy atom. The maximum absolute atomic E-state index is 12.8. The number of carbonyl (C=O) groups excluding carboxylic acids is 3. The lowest BCUT2D eigenvalue weighted by atomic mass is 9.81. The molecule has 3 fully saturated rings. The highest BCUT2D eigenvalue weighted by atomic mass is 79.9. The summed E-state index contributed by atoms with van der Waals surface area (Å²) in [5, 5.41) is 2.72. The average Bonchev–Trinajstić information content (AvgIpc) is 3.23.